The third-order valence-corrected chi connectivity index (χ3v) is 7.01. The molecule has 2 amide bonds. The van der Waals surface area contributed by atoms with Gasteiger partial charge >= 0.3 is 6.03 Å². The number of nitrogens with zero attached hydrogens (tertiary/aromatic N) is 3. The molecular weight excluding hydrogens is 436 g/mol. The van der Waals surface area contributed by atoms with Crippen LogP contribution < -0.4 is 5.32 Å². The molecule has 0 saturated carbocycles. The van der Waals surface area contributed by atoms with E-state index in [1.807, 2.05) is 35.2 Å². The van der Waals surface area contributed by atoms with Gasteiger partial charge in [-0.15, -0.1) is 0 Å². The number of aliphatic hydroxyl groups excluding tert-OH is 1. The molecule has 2 aromatic carbocycles. The van der Waals surface area contributed by atoms with Crippen LogP contribution in [0.1, 0.15) is 35.4 Å². The Labute approximate surface area is 206 Å². The van der Waals surface area contributed by atoms with Crippen molar-refractivity contribution in [3.05, 3.63) is 95.8 Å². The van der Waals surface area contributed by atoms with Gasteiger partial charge in [-0.05, 0) is 61.3 Å². The van der Waals surface area contributed by atoms with Gasteiger partial charge in [-0.2, -0.15) is 0 Å². The monoisotopic (exact) mass is 466 g/mol. The van der Waals surface area contributed by atoms with Gasteiger partial charge in [0.2, 0.25) is 0 Å². The van der Waals surface area contributed by atoms with Gasteiger partial charge in [-0.25, -0.2) is 4.79 Å². The third kappa shape index (κ3) is 5.22. The van der Waals surface area contributed by atoms with Crippen LogP contribution in [0.3, 0.4) is 0 Å². The van der Waals surface area contributed by atoms with Gasteiger partial charge in [0.15, 0.2) is 0 Å². The number of pyridine rings is 1. The minimum absolute atomic E-state index is 0.0736. The van der Waals surface area contributed by atoms with Gasteiger partial charge < -0.3 is 15.3 Å². The SMILES string of the molecule is O=C(Nc1ccncc1)N1CCCCN2[C@H](CO)[C@H](c3ccc(C#Cc4ccccc4)cc3)[C@@H]2C1. The van der Waals surface area contributed by atoms with Crippen LogP contribution in [-0.4, -0.2) is 64.2 Å². The number of hydrogen-bond acceptors (Lipinski definition) is 4. The molecule has 5 rings (SSSR count). The molecule has 2 N–H and O–H groups in total. The molecule has 1 aromatic heterocycles. The lowest BCUT2D eigenvalue weighted by Gasteiger charge is -2.57. The number of nitrogens with one attached hydrogen (secondary N) is 1. The molecule has 2 aliphatic rings. The highest BCUT2D eigenvalue weighted by molar-refractivity contribution is 5.89. The van der Waals surface area contributed by atoms with Crippen LogP contribution in [0.2, 0.25) is 0 Å². The highest BCUT2D eigenvalue weighted by Gasteiger charge is 2.49. The Morgan fingerprint density at radius 2 is 1.63 bits per heavy atom. The van der Waals surface area contributed by atoms with Crippen molar-refractivity contribution in [3.8, 4) is 11.8 Å². The summed E-state index contributed by atoms with van der Waals surface area (Å²) in [5, 5.41) is 13.2. The number of urea groups is 1. The number of carbonyl (C=O) groups is 1. The van der Waals surface area contributed by atoms with E-state index in [9.17, 15) is 9.90 Å². The maximum absolute atomic E-state index is 13.0. The Balaban J connectivity index is 1.32. The van der Waals surface area contributed by atoms with E-state index in [1.54, 1.807) is 24.5 Å². The molecule has 6 heteroatoms. The Hall–Kier alpha value is -3.66. The van der Waals surface area contributed by atoms with Gasteiger partial charge in [-0.1, -0.05) is 42.2 Å². The topological polar surface area (TPSA) is 68.7 Å². The van der Waals surface area contributed by atoms with Gasteiger partial charge in [0.1, 0.15) is 0 Å². The van der Waals surface area contributed by atoms with Crippen LogP contribution in [0, 0.1) is 11.8 Å². The number of rotatable bonds is 3. The smallest absolute Gasteiger partial charge is 0.321 e. The van der Waals surface area contributed by atoms with Crippen molar-refractivity contribution in [2.45, 2.75) is 30.8 Å². The molecule has 6 nitrogen and oxygen atoms in total. The third-order valence-electron chi connectivity index (χ3n) is 7.01. The summed E-state index contributed by atoms with van der Waals surface area (Å²) in [7, 11) is 0. The van der Waals surface area contributed by atoms with Crippen molar-refractivity contribution >= 4 is 11.7 Å². The van der Waals surface area contributed by atoms with Gasteiger partial charge in [0, 0.05) is 60.3 Å². The first-order chi connectivity index (χ1) is 17.2. The lowest BCUT2D eigenvalue weighted by Crippen LogP contribution is -2.68. The van der Waals surface area contributed by atoms with Crippen LogP contribution in [-0.2, 0) is 0 Å². The molecule has 2 saturated heterocycles. The second kappa shape index (κ2) is 10.7. The quantitative estimate of drug-likeness (QED) is 0.574. The Bertz CT molecular complexity index is 1190. The largest absolute Gasteiger partial charge is 0.395 e. The average Bonchev–Trinajstić information content (AvgIpc) is 2.88. The average molecular weight is 467 g/mol. The molecule has 2 fully saturated rings. The normalized spacial score (nSPS) is 22.0. The molecule has 0 spiro atoms. The van der Waals surface area contributed by atoms with Crippen LogP contribution in [0.4, 0.5) is 10.5 Å². The Morgan fingerprint density at radius 3 is 2.34 bits per heavy atom. The van der Waals surface area contributed by atoms with Crippen molar-refractivity contribution in [1.29, 1.82) is 0 Å². The summed E-state index contributed by atoms with van der Waals surface area (Å²) in [5.74, 6) is 6.61. The number of aliphatic hydroxyl groups is 1. The van der Waals surface area contributed by atoms with E-state index in [0.717, 1.165) is 42.7 Å². The molecule has 0 radical (unpaired) electrons. The number of aromatic nitrogens is 1. The number of carbonyl (C=O) groups excluding carboxylic acids is 1. The summed E-state index contributed by atoms with van der Waals surface area (Å²) in [4.78, 5) is 21.4. The molecule has 178 valence electrons. The van der Waals surface area contributed by atoms with Crippen LogP contribution in [0.5, 0.6) is 0 Å². The standard InChI is InChI=1S/C29H30N4O2/c34-21-27-28(24-12-10-23(11-13-24)9-8-22-6-2-1-3-7-22)26-20-32(18-4-5-19-33(26)27)29(35)31-25-14-16-30-17-15-25/h1-3,6-7,10-17,26-28,34H,4-5,18-21H2,(H,30,31,35)/t26-,27+,28+/m0/s1. The van der Waals surface area contributed by atoms with E-state index in [0.29, 0.717) is 6.54 Å². The van der Waals surface area contributed by atoms with E-state index in [2.05, 4.69) is 51.3 Å². The minimum Gasteiger partial charge on any atom is -0.395 e. The molecule has 0 bridgehead atoms. The zero-order chi connectivity index (χ0) is 24.0. The number of hydrogen-bond donors (Lipinski definition) is 2. The number of anilines is 1. The first kappa shape index (κ1) is 23.1. The molecule has 3 atom stereocenters. The second-order valence-corrected chi connectivity index (χ2v) is 9.14. The lowest BCUT2D eigenvalue weighted by molar-refractivity contribution is -0.0585. The summed E-state index contributed by atoms with van der Waals surface area (Å²) in [6.45, 7) is 2.42. The van der Waals surface area contributed by atoms with Crippen molar-refractivity contribution in [2.75, 3.05) is 31.6 Å². The lowest BCUT2D eigenvalue weighted by atomic mass is 9.74. The van der Waals surface area contributed by atoms with Crippen LogP contribution in [0.25, 0.3) is 0 Å². The molecule has 3 heterocycles. The zero-order valence-corrected chi connectivity index (χ0v) is 19.7. The maximum Gasteiger partial charge on any atom is 0.321 e. The zero-order valence-electron chi connectivity index (χ0n) is 19.7. The molecule has 35 heavy (non-hydrogen) atoms. The van der Waals surface area contributed by atoms with E-state index >= 15 is 0 Å². The molecular formula is C29H30N4O2. The second-order valence-electron chi connectivity index (χ2n) is 9.14. The highest BCUT2D eigenvalue weighted by Crippen LogP contribution is 2.42. The van der Waals surface area contributed by atoms with Crippen LogP contribution in [0.15, 0.2) is 79.1 Å². The maximum atomic E-state index is 13.0. The molecule has 2 aliphatic heterocycles. The Kier molecular flexibility index (Phi) is 7.08. The summed E-state index contributed by atoms with van der Waals surface area (Å²) in [5.41, 5.74) is 3.89. The van der Waals surface area contributed by atoms with Crippen molar-refractivity contribution < 1.29 is 9.90 Å². The van der Waals surface area contributed by atoms with Gasteiger partial charge in [-0.3, -0.25) is 9.88 Å². The van der Waals surface area contributed by atoms with Crippen LogP contribution >= 0.6 is 0 Å². The van der Waals surface area contributed by atoms with E-state index in [1.165, 1.54) is 5.56 Å². The number of benzene rings is 2. The molecule has 0 unspecified atom stereocenters. The van der Waals surface area contributed by atoms with Crippen molar-refractivity contribution in [2.24, 2.45) is 0 Å². The minimum atomic E-state index is -0.0872. The van der Waals surface area contributed by atoms with Crippen molar-refractivity contribution in [3.63, 3.8) is 0 Å². The van der Waals surface area contributed by atoms with E-state index < -0.39 is 0 Å². The first-order valence-electron chi connectivity index (χ1n) is 12.2. The number of amides is 2. The Morgan fingerprint density at radius 1 is 0.943 bits per heavy atom. The predicted molar refractivity (Wildman–Crippen MR) is 137 cm³/mol. The first-order valence-corrected chi connectivity index (χ1v) is 12.2. The van der Waals surface area contributed by atoms with E-state index in [-0.39, 0.29) is 30.6 Å². The summed E-state index contributed by atoms with van der Waals surface area (Å²) in [6.07, 6.45) is 5.30. The van der Waals surface area contributed by atoms with Gasteiger partial charge in [0.25, 0.3) is 0 Å². The fourth-order valence-electron chi connectivity index (χ4n) is 5.22. The fraction of sp³-hybridized carbons (Fsp3) is 0.310. The van der Waals surface area contributed by atoms with Gasteiger partial charge in [0.05, 0.1) is 6.61 Å². The highest BCUT2D eigenvalue weighted by atomic mass is 16.3. The summed E-state index contributed by atoms with van der Waals surface area (Å²) < 4.78 is 0. The van der Waals surface area contributed by atoms with E-state index in [4.69, 9.17) is 0 Å². The molecule has 3 aromatic rings. The number of fused-ring (bicyclic) bond motifs is 1. The molecule has 0 aliphatic carbocycles. The predicted octanol–water partition coefficient (Wildman–Crippen LogP) is 3.94. The fourth-order valence-corrected chi connectivity index (χ4v) is 5.22. The summed E-state index contributed by atoms with van der Waals surface area (Å²) >= 11 is 0. The summed E-state index contributed by atoms with van der Waals surface area (Å²) in [6, 6.07) is 22.1. The van der Waals surface area contributed by atoms with Crippen molar-refractivity contribution in [1.82, 2.24) is 14.8 Å².